The van der Waals surface area contributed by atoms with Crippen LogP contribution in [0.4, 0.5) is 0 Å². The Kier molecular flexibility index (Phi) is 7.56. The highest BCUT2D eigenvalue weighted by atomic mass is 16.2. The molecule has 1 rings (SSSR count). The van der Waals surface area contributed by atoms with Crippen molar-refractivity contribution in [2.45, 2.75) is 46.1 Å². The average molecular weight is 286 g/mol. The van der Waals surface area contributed by atoms with Crippen molar-refractivity contribution in [1.82, 2.24) is 4.90 Å². The van der Waals surface area contributed by atoms with E-state index in [2.05, 4.69) is 32.6 Å². The van der Waals surface area contributed by atoms with E-state index in [1.54, 1.807) is 0 Å². The molecule has 1 unspecified atom stereocenters. The summed E-state index contributed by atoms with van der Waals surface area (Å²) in [6.07, 6.45) is 3.05. The molecule has 0 fully saturated rings. The van der Waals surface area contributed by atoms with E-state index in [-0.39, 0.29) is 11.9 Å². The van der Waals surface area contributed by atoms with E-state index in [9.17, 15) is 4.79 Å². The zero-order valence-electron chi connectivity index (χ0n) is 13.4. The van der Waals surface area contributed by atoms with E-state index >= 15 is 0 Å². The number of amides is 1. The third kappa shape index (κ3) is 4.91. The van der Waals surface area contributed by atoms with E-state index in [0.29, 0.717) is 12.1 Å². The number of unbranched alkanes of at least 4 members (excludes halogenated alkanes) is 1. The highest BCUT2D eigenvalue weighted by Crippen LogP contribution is 2.15. The third-order valence-corrected chi connectivity index (χ3v) is 3.62. The molecule has 2 N–H and O–H groups in total. The number of carbonyl (C=O) groups excluding carboxylic acids is 1. The van der Waals surface area contributed by atoms with Crippen LogP contribution in [-0.2, 0) is 0 Å². The maximum absolute atomic E-state index is 12.9. The predicted molar refractivity (Wildman–Crippen MR) is 88.1 cm³/mol. The molecule has 0 aliphatic heterocycles. The molecule has 1 amide bonds. The fourth-order valence-electron chi connectivity index (χ4n) is 2.15. The number of nitrogens with zero attached hydrogens (tertiary/aromatic N) is 1. The minimum Gasteiger partial charge on any atom is -0.336 e. The lowest BCUT2D eigenvalue weighted by Gasteiger charge is -2.29. The number of hydrogen-bond acceptors (Lipinski definition) is 2. The molecule has 0 saturated carbocycles. The van der Waals surface area contributed by atoms with Crippen molar-refractivity contribution in [3.8, 4) is 11.8 Å². The molecule has 0 bridgehead atoms. The summed E-state index contributed by atoms with van der Waals surface area (Å²) in [5.41, 5.74) is 6.87. The molecule has 0 aliphatic carbocycles. The Morgan fingerprint density at radius 3 is 2.67 bits per heavy atom. The quantitative estimate of drug-likeness (QED) is 0.817. The zero-order chi connectivity index (χ0) is 15.7. The monoisotopic (exact) mass is 286 g/mol. The van der Waals surface area contributed by atoms with Crippen molar-refractivity contribution < 1.29 is 4.79 Å². The van der Waals surface area contributed by atoms with Gasteiger partial charge in [-0.3, -0.25) is 4.79 Å². The molecular formula is C18H26N2O. The van der Waals surface area contributed by atoms with Crippen LogP contribution in [0.2, 0.25) is 0 Å². The van der Waals surface area contributed by atoms with Crippen LogP contribution < -0.4 is 5.73 Å². The lowest BCUT2D eigenvalue weighted by molar-refractivity contribution is 0.0685. The van der Waals surface area contributed by atoms with Crippen molar-refractivity contribution in [2.24, 2.45) is 5.73 Å². The van der Waals surface area contributed by atoms with Crippen LogP contribution in [0.25, 0.3) is 0 Å². The van der Waals surface area contributed by atoms with Crippen LogP contribution in [0.5, 0.6) is 0 Å². The summed E-state index contributed by atoms with van der Waals surface area (Å²) in [6, 6.07) is 7.75. The molecule has 0 saturated heterocycles. The van der Waals surface area contributed by atoms with Crippen molar-refractivity contribution in [1.29, 1.82) is 0 Å². The number of hydrogen-bond donors (Lipinski definition) is 1. The second kappa shape index (κ2) is 9.20. The first kappa shape index (κ1) is 17.3. The van der Waals surface area contributed by atoms with Crippen LogP contribution in [0.15, 0.2) is 24.3 Å². The van der Waals surface area contributed by atoms with Gasteiger partial charge in [-0.2, -0.15) is 0 Å². The Morgan fingerprint density at radius 2 is 2.05 bits per heavy atom. The molecule has 0 spiro atoms. The molecule has 0 radical (unpaired) electrons. The van der Waals surface area contributed by atoms with Gasteiger partial charge < -0.3 is 10.6 Å². The molecule has 3 nitrogen and oxygen atoms in total. The summed E-state index contributed by atoms with van der Waals surface area (Å²) in [4.78, 5) is 14.8. The lowest BCUT2D eigenvalue weighted by atomic mass is 10.0. The van der Waals surface area contributed by atoms with Gasteiger partial charge in [0, 0.05) is 18.2 Å². The fourth-order valence-corrected chi connectivity index (χ4v) is 2.15. The highest BCUT2D eigenvalue weighted by Gasteiger charge is 2.21. The first-order chi connectivity index (χ1) is 10.2. The van der Waals surface area contributed by atoms with Crippen LogP contribution in [0, 0.1) is 11.8 Å². The van der Waals surface area contributed by atoms with Crippen LogP contribution >= 0.6 is 0 Å². The Hall–Kier alpha value is -1.79. The summed E-state index contributed by atoms with van der Waals surface area (Å²) < 4.78 is 0. The summed E-state index contributed by atoms with van der Waals surface area (Å²) >= 11 is 0. The topological polar surface area (TPSA) is 46.3 Å². The maximum atomic E-state index is 12.9. The second-order valence-electron chi connectivity index (χ2n) is 5.16. The van der Waals surface area contributed by atoms with Gasteiger partial charge in [-0.15, -0.1) is 0 Å². The van der Waals surface area contributed by atoms with Crippen molar-refractivity contribution in [3.63, 3.8) is 0 Å². The third-order valence-electron chi connectivity index (χ3n) is 3.62. The summed E-state index contributed by atoms with van der Waals surface area (Å²) in [6.45, 7) is 7.44. The van der Waals surface area contributed by atoms with Crippen LogP contribution in [-0.4, -0.2) is 29.9 Å². The predicted octanol–water partition coefficient (Wildman–Crippen LogP) is 3.04. The van der Waals surface area contributed by atoms with Crippen LogP contribution in [0.3, 0.4) is 0 Å². The van der Waals surface area contributed by atoms with E-state index in [0.717, 1.165) is 31.4 Å². The van der Waals surface area contributed by atoms with Gasteiger partial charge in [0.2, 0.25) is 0 Å². The first-order valence-electron chi connectivity index (χ1n) is 7.74. The Bertz CT molecular complexity index is 513. The van der Waals surface area contributed by atoms with Crippen molar-refractivity contribution in [2.75, 3.05) is 13.1 Å². The van der Waals surface area contributed by atoms with Gasteiger partial charge in [0.1, 0.15) is 0 Å². The summed E-state index contributed by atoms with van der Waals surface area (Å²) in [7, 11) is 0. The molecule has 0 aliphatic rings. The normalized spacial score (nSPS) is 11.4. The smallest absolute Gasteiger partial charge is 0.255 e. The number of carbonyl (C=O) groups is 1. The molecule has 3 heteroatoms. The Labute approximate surface area is 128 Å². The summed E-state index contributed by atoms with van der Waals surface area (Å²) in [5.74, 6) is 5.90. The van der Waals surface area contributed by atoms with E-state index < -0.39 is 0 Å². The van der Waals surface area contributed by atoms with Gasteiger partial charge in [0.15, 0.2) is 0 Å². The maximum Gasteiger partial charge on any atom is 0.255 e. The number of rotatable bonds is 6. The molecule has 1 atom stereocenters. The first-order valence-corrected chi connectivity index (χ1v) is 7.74. The van der Waals surface area contributed by atoms with Gasteiger partial charge in [-0.05, 0) is 31.9 Å². The van der Waals surface area contributed by atoms with E-state index in [1.807, 2.05) is 29.2 Å². The van der Waals surface area contributed by atoms with Gasteiger partial charge in [0.05, 0.1) is 12.1 Å². The molecule has 0 heterocycles. The Balaban J connectivity index is 3.08. The molecule has 0 aromatic heterocycles. The highest BCUT2D eigenvalue weighted by molar-refractivity contribution is 5.97. The molecule has 1 aromatic carbocycles. The molecule has 1 aromatic rings. The van der Waals surface area contributed by atoms with Gasteiger partial charge in [-0.25, -0.2) is 0 Å². The van der Waals surface area contributed by atoms with Gasteiger partial charge in [0.25, 0.3) is 5.91 Å². The van der Waals surface area contributed by atoms with Crippen molar-refractivity contribution >= 4 is 5.91 Å². The van der Waals surface area contributed by atoms with E-state index in [4.69, 9.17) is 5.73 Å². The minimum atomic E-state index is 0.0692. The van der Waals surface area contributed by atoms with Gasteiger partial charge >= 0.3 is 0 Å². The minimum absolute atomic E-state index is 0.0692. The fraction of sp³-hybridized carbons (Fsp3) is 0.500. The van der Waals surface area contributed by atoms with E-state index in [1.165, 1.54) is 0 Å². The van der Waals surface area contributed by atoms with Gasteiger partial charge in [-0.1, -0.05) is 44.2 Å². The zero-order valence-corrected chi connectivity index (χ0v) is 13.4. The average Bonchev–Trinajstić information content (AvgIpc) is 2.52. The largest absolute Gasteiger partial charge is 0.336 e. The Morgan fingerprint density at radius 1 is 1.33 bits per heavy atom. The standard InChI is InChI=1S/C18H26N2O/c1-4-6-14-20(15(3)5-2)18(21)17-12-8-7-10-16(17)11-9-13-19/h7-8,10,12,15H,4-6,13-14,19H2,1-3H3. The van der Waals surface area contributed by atoms with Crippen LogP contribution in [0.1, 0.15) is 56.0 Å². The summed E-state index contributed by atoms with van der Waals surface area (Å²) in [5, 5.41) is 0. The molecular weight excluding hydrogens is 260 g/mol. The molecule has 21 heavy (non-hydrogen) atoms. The SMILES string of the molecule is CCCCN(C(=O)c1ccccc1C#CCN)C(C)CC. The number of nitrogens with two attached hydrogens (primary N) is 1. The number of benzene rings is 1. The molecule has 114 valence electrons. The second-order valence-corrected chi connectivity index (χ2v) is 5.16. The lowest BCUT2D eigenvalue weighted by Crippen LogP contribution is -2.39. The van der Waals surface area contributed by atoms with Crippen molar-refractivity contribution in [3.05, 3.63) is 35.4 Å².